The van der Waals surface area contributed by atoms with Crippen LogP contribution in [-0.2, 0) is 6.42 Å². The summed E-state index contributed by atoms with van der Waals surface area (Å²) >= 11 is 0. The van der Waals surface area contributed by atoms with Crippen LogP contribution < -0.4 is 5.32 Å². The molecule has 0 bridgehead atoms. The maximum Gasteiger partial charge on any atom is 0.253 e. The Kier molecular flexibility index (Phi) is 3.94. The molecule has 0 saturated heterocycles. The van der Waals surface area contributed by atoms with Crippen molar-refractivity contribution >= 4 is 17.6 Å². The van der Waals surface area contributed by atoms with E-state index in [1.165, 1.54) is 0 Å². The van der Waals surface area contributed by atoms with E-state index < -0.39 is 0 Å². The second kappa shape index (κ2) is 6.40. The molecule has 0 unspecified atom stereocenters. The monoisotopic (exact) mass is 329 g/mol. The molecule has 1 aromatic carbocycles. The number of hydrogen-bond acceptors (Lipinski definition) is 2. The third-order valence-electron chi connectivity index (χ3n) is 4.46. The normalized spacial score (nSPS) is 14.1. The Morgan fingerprint density at radius 3 is 2.80 bits per heavy atom. The molecule has 0 aliphatic carbocycles. The average Bonchev–Trinajstić information content (AvgIpc) is 3.08. The van der Waals surface area contributed by atoms with Crippen LogP contribution in [-0.4, -0.2) is 22.4 Å². The second-order valence-corrected chi connectivity index (χ2v) is 6.25. The lowest BCUT2D eigenvalue weighted by Gasteiger charge is -2.10. The molecule has 1 aliphatic rings. The van der Waals surface area contributed by atoms with Crippen LogP contribution in [0.25, 0.3) is 22.9 Å². The zero-order valence-electron chi connectivity index (χ0n) is 14.0. The van der Waals surface area contributed by atoms with Gasteiger partial charge in [-0.1, -0.05) is 30.3 Å². The highest BCUT2D eigenvalue weighted by Crippen LogP contribution is 2.26. The minimum Gasteiger partial charge on any atom is -0.358 e. The topological polar surface area (TPSA) is 57.8 Å². The van der Waals surface area contributed by atoms with E-state index in [4.69, 9.17) is 0 Å². The van der Waals surface area contributed by atoms with E-state index in [9.17, 15) is 4.79 Å². The largest absolute Gasteiger partial charge is 0.358 e. The smallest absolute Gasteiger partial charge is 0.253 e. The SMILES string of the molecule is C/C(=C\c1ccccc1)c1cc(-c2cc3c([nH]2)CCNC3=O)ccn1. The maximum atomic E-state index is 12.0. The van der Waals surface area contributed by atoms with Gasteiger partial charge in [-0.25, -0.2) is 0 Å². The number of carbonyl (C=O) groups excluding carboxylic acids is 1. The number of rotatable bonds is 3. The second-order valence-electron chi connectivity index (χ2n) is 6.25. The third kappa shape index (κ3) is 3.11. The van der Waals surface area contributed by atoms with Gasteiger partial charge in [-0.2, -0.15) is 0 Å². The number of hydrogen-bond donors (Lipinski definition) is 2. The van der Waals surface area contributed by atoms with E-state index in [1.807, 2.05) is 36.5 Å². The van der Waals surface area contributed by atoms with E-state index >= 15 is 0 Å². The molecule has 2 aromatic heterocycles. The van der Waals surface area contributed by atoms with Crippen molar-refractivity contribution in [2.24, 2.45) is 0 Å². The number of aromatic nitrogens is 2. The molecule has 0 saturated carbocycles. The van der Waals surface area contributed by atoms with Crippen molar-refractivity contribution in [3.8, 4) is 11.3 Å². The molecule has 0 atom stereocenters. The number of aromatic amines is 1. The molecule has 2 N–H and O–H groups in total. The number of pyridine rings is 1. The Balaban J connectivity index is 1.68. The zero-order chi connectivity index (χ0) is 17.2. The number of allylic oxidation sites excluding steroid dienone is 1. The molecule has 4 heteroatoms. The van der Waals surface area contributed by atoms with Crippen molar-refractivity contribution in [2.45, 2.75) is 13.3 Å². The van der Waals surface area contributed by atoms with Gasteiger partial charge < -0.3 is 10.3 Å². The lowest BCUT2D eigenvalue weighted by molar-refractivity contribution is 0.0946. The molecule has 4 nitrogen and oxygen atoms in total. The summed E-state index contributed by atoms with van der Waals surface area (Å²) in [5, 5.41) is 2.88. The number of H-pyrrole nitrogens is 1. The first-order valence-corrected chi connectivity index (χ1v) is 8.41. The first-order chi connectivity index (χ1) is 12.2. The molecule has 3 heterocycles. The molecule has 0 radical (unpaired) electrons. The van der Waals surface area contributed by atoms with Crippen molar-refractivity contribution in [1.29, 1.82) is 0 Å². The minimum absolute atomic E-state index is 0.00168. The fourth-order valence-corrected chi connectivity index (χ4v) is 3.14. The van der Waals surface area contributed by atoms with Crippen LogP contribution in [0.15, 0.2) is 54.7 Å². The van der Waals surface area contributed by atoms with Gasteiger partial charge in [-0.15, -0.1) is 0 Å². The molecule has 1 aliphatic heterocycles. The molecule has 0 spiro atoms. The highest BCUT2D eigenvalue weighted by Gasteiger charge is 2.20. The van der Waals surface area contributed by atoms with Gasteiger partial charge in [-0.05, 0) is 42.3 Å². The van der Waals surface area contributed by atoms with Gasteiger partial charge in [0.25, 0.3) is 5.91 Å². The standard InChI is InChI=1S/C21H19N3O/c1-14(11-15-5-3-2-4-6-15)19-12-16(7-9-22-19)20-13-17-18(24-20)8-10-23-21(17)25/h2-7,9,11-13,24H,8,10H2,1H3,(H,23,25)/b14-11+. The fourth-order valence-electron chi connectivity index (χ4n) is 3.14. The van der Waals surface area contributed by atoms with Gasteiger partial charge in [0.05, 0.1) is 11.3 Å². The third-order valence-corrected chi connectivity index (χ3v) is 4.46. The van der Waals surface area contributed by atoms with E-state index in [1.54, 1.807) is 0 Å². The van der Waals surface area contributed by atoms with Gasteiger partial charge in [0.1, 0.15) is 0 Å². The van der Waals surface area contributed by atoms with Crippen LogP contribution >= 0.6 is 0 Å². The molecule has 3 aromatic rings. The predicted molar refractivity (Wildman–Crippen MR) is 100 cm³/mol. The summed E-state index contributed by atoms with van der Waals surface area (Å²) < 4.78 is 0. The Labute approximate surface area is 146 Å². The summed E-state index contributed by atoms with van der Waals surface area (Å²) in [6.07, 6.45) is 4.78. The molecule has 0 fully saturated rings. The molecule has 124 valence electrons. The number of benzene rings is 1. The van der Waals surface area contributed by atoms with Crippen molar-refractivity contribution in [3.05, 3.63) is 77.2 Å². The first-order valence-electron chi connectivity index (χ1n) is 8.41. The molecule has 4 rings (SSSR count). The van der Waals surface area contributed by atoms with Gasteiger partial charge in [0, 0.05) is 36.1 Å². The minimum atomic E-state index is -0.00168. The van der Waals surface area contributed by atoms with Gasteiger partial charge in [0.15, 0.2) is 0 Å². The van der Waals surface area contributed by atoms with Crippen LogP contribution in [0.3, 0.4) is 0 Å². The lowest BCUT2D eigenvalue weighted by Crippen LogP contribution is -2.31. The fraction of sp³-hybridized carbons (Fsp3) is 0.143. The molecule has 25 heavy (non-hydrogen) atoms. The van der Waals surface area contributed by atoms with Gasteiger partial charge in [-0.3, -0.25) is 9.78 Å². The molecular formula is C21H19N3O. The van der Waals surface area contributed by atoms with Crippen molar-refractivity contribution in [1.82, 2.24) is 15.3 Å². The summed E-state index contributed by atoms with van der Waals surface area (Å²) in [5.41, 5.74) is 6.93. The van der Waals surface area contributed by atoms with Crippen LogP contribution in [0, 0.1) is 0 Å². The average molecular weight is 329 g/mol. The van der Waals surface area contributed by atoms with Crippen LogP contribution in [0.2, 0.25) is 0 Å². The van der Waals surface area contributed by atoms with Crippen LogP contribution in [0.1, 0.15) is 34.2 Å². The van der Waals surface area contributed by atoms with Crippen molar-refractivity contribution in [2.75, 3.05) is 6.54 Å². The summed E-state index contributed by atoms with van der Waals surface area (Å²) in [7, 11) is 0. The lowest BCUT2D eigenvalue weighted by atomic mass is 10.1. The summed E-state index contributed by atoms with van der Waals surface area (Å²) in [4.78, 5) is 19.8. The Hall–Kier alpha value is -3.14. The number of nitrogens with one attached hydrogen (secondary N) is 2. The first kappa shape index (κ1) is 15.4. The van der Waals surface area contributed by atoms with Gasteiger partial charge >= 0.3 is 0 Å². The highest BCUT2D eigenvalue weighted by molar-refractivity contribution is 5.97. The Morgan fingerprint density at radius 2 is 2.00 bits per heavy atom. The Morgan fingerprint density at radius 1 is 1.16 bits per heavy atom. The van der Waals surface area contributed by atoms with Gasteiger partial charge in [0.2, 0.25) is 0 Å². The van der Waals surface area contributed by atoms with Crippen molar-refractivity contribution < 1.29 is 4.79 Å². The Bertz CT molecular complexity index is 954. The quantitative estimate of drug-likeness (QED) is 0.765. The molecular weight excluding hydrogens is 310 g/mol. The summed E-state index contributed by atoms with van der Waals surface area (Å²) in [6, 6.07) is 16.2. The number of fused-ring (bicyclic) bond motifs is 1. The zero-order valence-corrected chi connectivity index (χ0v) is 14.0. The number of carbonyl (C=O) groups is 1. The number of amides is 1. The van der Waals surface area contributed by atoms with E-state index in [0.29, 0.717) is 6.54 Å². The number of nitrogens with zero attached hydrogens (tertiary/aromatic N) is 1. The van der Waals surface area contributed by atoms with Crippen LogP contribution in [0.5, 0.6) is 0 Å². The van der Waals surface area contributed by atoms with E-state index in [2.05, 4.69) is 46.5 Å². The maximum absolute atomic E-state index is 12.0. The predicted octanol–water partition coefficient (Wildman–Crippen LogP) is 3.92. The summed E-state index contributed by atoms with van der Waals surface area (Å²) in [6.45, 7) is 2.75. The summed E-state index contributed by atoms with van der Waals surface area (Å²) in [5.74, 6) is -0.00168. The highest BCUT2D eigenvalue weighted by atomic mass is 16.1. The van der Waals surface area contributed by atoms with Crippen molar-refractivity contribution in [3.63, 3.8) is 0 Å². The van der Waals surface area contributed by atoms with E-state index in [-0.39, 0.29) is 5.91 Å². The van der Waals surface area contributed by atoms with E-state index in [0.717, 1.165) is 45.8 Å². The molecule has 1 amide bonds. The van der Waals surface area contributed by atoms with Crippen LogP contribution in [0.4, 0.5) is 0 Å².